The second kappa shape index (κ2) is 6.87. The molecule has 0 spiro atoms. The zero-order valence-electron chi connectivity index (χ0n) is 13.2. The topological polar surface area (TPSA) is 67.3 Å². The van der Waals surface area contributed by atoms with Crippen LogP contribution in [0.3, 0.4) is 0 Å². The van der Waals surface area contributed by atoms with Crippen molar-refractivity contribution in [3.63, 3.8) is 0 Å². The molecule has 1 aromatic heterocycles. The summed E-state index contributed by atoms with van der Waals surface area (Å²) in [5.41, 5.74) is 0.244. The summed E-state index contributed by atoms with van der Waals surface area (Å²) in [6.45, 7) is -0.0492. The molecule has 25 heavy (non-hydrogen) atoms. The largest absolute Gasteiger partial charge is 0.573 e. The number of aromatic nitrogens is 2. The summed E-state index contributed by atoms with van der Waals surface area (Å²) in [6.07, 6.45) is -2.63. The van der Waals surface area contributed by atoms with Gasteiger partial charge in [-0.2, -0.15) is 0 Å². The SMILES string of the molecule is CN(Cc1ccccc1OC(F)(F)F)C(=O)Nc1nnc(C2CC2)s1. The van der Waals surface area contributed by atoms with Gasteiger partial charge in [0.2, 0.25) is 5.13 Å². The smallest absolute Gasteiger partial charge is 0.405 e. The average molecular weight is 372 g/mol. The Labute approximate surface area is 145 Å². The highest BCUT2D eigenvalue weighted by molar-refractivity contribution is 7.15. The number of halogens is 3. The van der Waals surface area contributed by atoms with Gasteiger partial charge in [0, 0.05) is 18.5 Å². The number of benzene rings is 1. The van der Waals surface area contributed by atoms with E-state index in [0.29, 0.717) is 11.0 Å². The number of para-hydroxylation sites is 1. The molecule has 1 N–H and O–H groups in total. The van der Waals surface area contributed by atoms with E-state index >= 15 is 0 Å². The first-order valence-corrected chi connectivity index (χ1v) is 8.32. The third kappa shape index (κ3) is 4.81. The van der Waals surface area contributed by atoms with E-state index in [1.807, 2.05) is 0 Å². The Morgan fingerprint density at radius 2 is 2.08 bits per heavy atom. The van der Waals surface area contributed by atoms with E-state index in [1.165, 1.54) is 41.5 Å². The molecule has 6 nitrogen and oxygen atoms in total. The van der Waals surface area contributed by atoms with Crippen molar-refractivity contribution < 1.29 is 22.7 Å². The fourth-order valence-corrected chi connectivity index (χ4v) is 3.06. The molecule has 3 rings (SSSR count). The summed E-state index contributed by atoms with van der Waals surface area (Å²) in [5.74, 6) is 0.105. The third-order valence-electron chi connectivity index (χ3n) is 3.53. The molecule has 1 saturated carbocycles. The van der Waals surface area contributed by atoms with Crippen LogP contribution in [0, 0.1) is 0 Å². The minimum absolute atomic E-state index is 0.0492. The molecule has 10 heteroatoms. The second-order valence-electron chi connectivity index (χ2n) is 5.66. The van der Waals surface area contributed by atoms with Gasteiger partial charge in [0.15, 0.2) is 0 Å². The molecule has 1 heterocycles. The minimum Gasteiger partial charge on any atom is -0.405 e. The quantitative estimate of drug-likeness (QED) is 0.862. The summed E-state index contributed by atoms with van der Waals surface area (Å²) in [7, 11) is 1.47. The molecule has 1 fully saturated rings. The minimum atomic E-state index is -4.79. The Hall–Kier alpha value is -2.36. The van der Waals surface area contributed by atoms with E-state index in [0.717, 1.165) is 17.8 Å². The van der Waals surface area contributed by atoms with E-state index in [2.05, 4.69) is 20.3 Å². The maximum absolute atomic E-state index is 12.4. The first-order valence-electron chi connectivity index (χ1n) is 7.51. The van der Waals surface area contributed by atoms with Gasteiger partial charge in [0.05, 0.1) is 6.54 Å². The fourth-order valence-electron chi connectivity index (χ4n) is 2.15. The molecule has 0 radical (unpaired) electrons. The Kier molecular flexibility index (Phi) is 4.80. The summed E-state index contributed by atoms with van der Waals surface area (Å²) >= 11 is 1.31. The van der Waals surface area contributed by atoms with Gasteiger partial charge in [-0.25, -0.2) is 4.79 Å². The lowest BCUT2D eigenvalue weighted by Gasteiger charge is -2.19. The van der Waals surface area contributed by atoms with Gasteiger partial charge in [0.25, 0.3) is 0 Å². The van der Waals surface area contributed by atoms with Crippen LogP contribution in [0.4, 0.5) is 23.1 Å². The van der Waals surface area contributed by atoms with Gasteiger partial charge in [-0.3, -0.25) is 5.32 Å². The number of hydrogen-bond acceptors (Lipinski definition) is 5. The van der Waals surface area contributed by atoms with E-state index in [4.69, 9.17) is 0 Å². The van der Waals surface area contributed by atoms with Crippen LogP contribution in [0.1, 0.15) is 29.3 Å². The van der Waals surface area contributed by atoms with Crippen molar-refractivity contribution in [1.29, 1.82) is 0 Å². The molecule has 0 bridgehead atoms. The highest BCUT2D eigenvalue weighted by Gasteiger charge is 2.32. The molecule has 1 aliphatic carbocycles. The number of nitrogens with zero attached hydrogens (tertiary/aromatic N) is 3. The maximum Gasteiger partial charge on any atom is 0.573 e. The number of rotatable bonds is 5. The van der Waals surface area contributed by atoms with Crippen LogP contribution >= 0.6 is 11.3 Å². The van der Waals surface area contributed by atoms with E-state index < -0.39 is 12.4 Å². The average Bonchev–Trinajstić information content (AvgIpc) is 3.28. The molecule has 0 aliphatic heterocycles. The summed E-state index contributed by atoms with van der Waals surface area (Å²) in [6, 6.07) is 5.21. The molecule has 2 aromatic rings. The summed E-state index contributed by atoms with van der Waals surface area (Å²) in [4.78, 5) is 13.4. The first-order chi connectivity index (χ1) is 11.8. The number of nitrogens with one attached hydrogen (secondary N) is 1. The monoisotopic (exact) mass is 372 g/mol. The third-order valence-corrected chi connectivity index (χ3v) is 4.53. The van der Waals surface area contributed by atoms with Crippen LogP contribution < -0.4 is 10.1 Å². The van der Waals surface area contributed by atoms with Crippen molar-refractivity contribution >= 4 is 22.5 Å². The molecule has 134 valence electrons. The van der Waals surface area contributed by atoms with Crippen LogP contribution in [-0.4, -0.2) is 34.5 Å². The second-order valence-corrected chi connectivity index (χ2v) is 6.67. The van der Waals surface area contributed by atoms with Gasteiger partial charge < -0.3 is 9.64 Å². The van der Waals surface area contributed by atoms with Gasteiger partial charge >= 0.3 is 12.4 Å². The molecule has 0 unspecified atom stereocenters. The van der Waals surface area contributed by atoms with Crippen LogP contribution in [0.5, 0.6) is 5.75 Å². The van der Waals surface area contributed by atoms with Crippen molar-refractivity contribution in [2.45, 2.75) is 31.7 Å². The number of alkyl halides is 3. The number of hydrogen-bond donors (Lipinski definition) is 1. The van der Waals surface area contributed by atoms with Crippen LogP contribution in [0.15, 0.2) is 24.3 Å². The number of carbonyl (C=O) groups is 1. The number of carbonyl (C=O) groups excluding carboxylic acids is 1. The van der Waals surface area contributed by atoms with E-state index in [1.54, 1.807) is 6.07 Å². The highest BCUT2D eigenvalue weighted by atomic mass is 32.1. The molecular weight excluding hydrogens is 357 g/mol. The predicted molar refractivity (Wildman–Crippen MR) is 85.5 cm³/mol. The number of amides is 2. The lowest BCUT2D eigenvalue weighted by atomic mass is 10.2. The Morgan fingerprint density at radius 1 is 1.36 bits per heavy atom. The molecule has 0 saturated heterocycles. The van der Waals surface area contributed by atoms with Gasteiger partial charge in [-0.1, -0.05) is 29.5 Å². The zero-order chi connectivity index (χ0) is 18.0. The van der Waals surface area contributed by atoms with Gasteiger partial charge in [-0.05, 0) is 18.9 Å². The highest BCUT2D eigenvalue weighted by Crippen LogP contribution is 2.42. The van der Waals surface area contributed by atoms with Gasteiger partial charge in [0.1, 0.15) is 10.8 Å². The number of ether oxygens (including phenoxy) is 1. The van der Waals surface area contributed by atoms with Crippen molar-refractivity contribution in [1.82, 2.24) is 15.1 Å². The standard InChI is InChI=1S/C15H15F3N4O2S/c1-22(8-10-4-2-3-5-11(10)24-15(16,17)18)14(23)19-13-21-20-12(25-13)9-6-7-9/h2-5,9H,6-8H2,1H3,(H,19,21,23). The molecule has 1 aliphatic rings. The zero-order valence-corrected chi connectivity index (χ0v) is 14.0. The van der Waals surface area contributed by atoms with Crippen LogP contribution in [-0.2, 0) is 6.54 Å². The molecule has 0 atom stereocenters. The van der Waals surface area contributed by atoms with Crippen molar-refractivity contribution in [3.8, 4) is 5.75 Å². The predicted octanol–water partition coefficient (Wildman–Crippen LogP) is 3.98. The van der Waals surface area contributed by atoms with E-state index in [9.17, 15) is 18.0 Å². The summed E-state index contributed by atoms with van der Waals surface area (Å²) in [5, 5.41) is 11.8. The lowest BCUT2D eigenvalue weighted by Crippen LogP contribution is -2.31. The van der Waals surface area contributed by atoms with Crippen LogP contribution in [0.25, 0.3) is 0 Å². The Bertz CT molecular complexity index is 761. The molecule has 2 amide bonds. The Balaban J connectivity index is 1.62. The number of anilines is 1. The summed E-state index contributed by atoms with van der Waals surface area (Å²) < 4.78 is 41.3. The lowest BCUT2D eigenvalue weighted by molar-refractivity contribution is -0.274. The van der Waals surface area contributed by atoms with Crippen LogP contribution in [0.2, 0.25) is 0 Å². The molecular formula is C15H15F3N4O2S. The van der Waals surface area contributed by atoms with Crippen molar-refractivity contribution in [2.75, 3.05) is 12.4 Å². The number of urea groups is 1. The van der Waals surface area contributed by atoms with Crippen molar-refractivity contribution in [3.05, 3.63) is 34.8 Å². The van der Waals surface area contributed by atoms with Crippen molar-refractivity contribution in [2.24, 2.45) is 0 Å². The fraction of sp³-hybridized carbons (Fsp3) is 0.400. The first kappa shape index (κ1) is 17.5. The molecule has 1 aromatic carbocycles. The normalized spacial score (nSPS) is 14.2. The maximum atomic E-state index is 12.4. The van der Waals surface area contributed by atoms with Gasteiger partial charge in [-0.15, -0.1) is 23.4 Å². The Morgan fingerprint density at radius 3 is 2.76 bits per heavy atom. The van der Waals surface area contributed by atoms with E-state index in [-0.39, 0.29) is 17.9 Å².